The first-order chi connectivity index (χ1) is 16.9. The van der Waals surface area contributed by atoms with Crippen LogP contribution in [-0.4, -0.2) is 22.9 Å². The van der Waals surface area contributed by atoms with Gasteiger partial charge in [0.05, 0.1) is 35.8 Å². The molecule has 2 aromatic heterocycles. The Balaban J connectivity index is 1.62. The average molecular weight is 468 g/mol. The Hall–Kier alpha value is -4.39. The van der Waals surface area contributed by atoms with Crippen LogP contribution in [0.25, 0.3) is 33.2 Å². The van der Waals surface area contributed by atoms with Crippen molar-refractivity contribution < 1.29 is 13.9 Å². The number of esters is 1. The van der Waals surface area contributed by atoms with Gasteiger partial charge in [-0.05, 0) is 55.8 Å². The number of hydrogen-bond donors (Lipinski definition) is 1. The third-order valence-corrected chi connectivity index (χ3v) is 6.20. The highest BCUT2D eigenvalue weighted by molar-refractivity contribution is 5.95. The lowest BCUT2D eigenvalue weighted by molar-refractivity contribution is 0.0602. The number of aromatic nitrogens is 2. The monoisotopic (exact) mass is 467 g/mol. The fourth-order valence-corrected chi connectivity index (χ4v) is 4.42. The summed E-state index contributed by atoms with van der Waals surface area (Å²) in [6, 6.07) is 18.1. The molecule has 0 saturated heterocycles. The number of ether oxygens (including phenoxy) is 1. The van der Waals surface area contributed by atoms with Crippen LogP contribution in [0.1, 0.15) is 34.5 Å². The number of methoxy groups -OCH3 is 1. The van der Waals surface area contributed by atoms with Crippen LogP contribution in [0.5, 0.6) is 0 Å². The zero-order valence-corrected chi connectivity index (χ0v) is 20.0. The predicted octanol–water partition coefficient (Wildman–Crippen LogP) is 5.61. The van der Waals surface area contributed by atoms with Gasteiger partial charge in [-0.2, -0.15) is 5.10 Å². The molecule has 0 spiro atoms. The van der Waals surface area contributed by atoms with Crippen LogP contribution < -0.4 is 10.7 Å². The highest BCUT2D eigenvalue weighted by Crippen LogP contribution is 2.32. The maximum atomic E-state index is 13.2. The summed E-state index contributed by atoms with van der Waals surface area (Å²) in [6.45, 7) is 3.92. The zero-order valence-electron chi connectivity index (χ0n) is 20.0. The standard InChI is InChI=1S/C28H25N3O4/c1-16-11-21(17(2)30-23-8-6-5-7-20(23)28(33)34-4)27-22(12-16)25(32)14-26(35-27)18-9-10-24-19(13-18)15-29-31(24)3/h5-15,17,30H,1-4H3. The van der Waals surface area contributed by atoms with Crippen molar-refractivity contribution >= 4 is 33.5 Å². The first kappa shape index (κ1) is 22.4. The lowest BCUT2D eigenvalue weighted by Gasteiger charge is -2.19. The van der Waals surface area contributed by atoms with Crippen molar-refractivity contribution in [3.63, 3.8) is 0 Å². The predicted molar refractivity (Wildman–Crippen MR) is 137 cm³/mol. The number of anilines is 1. The van der Waals surface area contributed by atoms with Gasteiger partial charge in [-0.15, -0.1) is 0 Å². The summed E-state index contributed by atoms with van der Waals surface area (Å²) < 4.78 is 13.1. The van der Waals surface area contributed by atoms with E-state index in [1.165, 1.54) is 13.2 Å². The lowest BCUT2D eigenvalue weighted by atomic mass is 10.00. The van der Waals surface area contributed by atoms with E-state index < -0.39 is 5.97 Å². The van der Waals surface area contributed by atoms with Crippen LogP contribution in [0.3, 0.4) is 0 Å². The molecule has 0 amide bonds. The van der Waals surface area contributed by atoms with E-state index in [0.717, 1.165) is 27.6 Å². The number of fused-ring (bicyclic) bond motifs is 2. The number of aryl methyl sites for hydroxylation is 2. The molecule has 0 bridgehead atoms. The quantitative estimate of drug-likeness (QED) is 0.338. The number of rotatable bonds is 5. The SMILES string of the molecule is COC(=O)c1ccccc1NC(C)c1cc(C)cc2c(=O)cc(-c3ccc4c(cnn4C)c3)oc12. The maximum Gasteiger partial charge on any atom is 0.339 e. The molecule has 7 heteroatoms. The van der Waals surface area contributed by atoms with Crippen molar-refractivity contribution in [1.29, 1.82) is 0 Å². The average Bonchev–Trinajstić information content (AvgIpc) is 3.23. The normalized spacial score (nSPS) is 12.1. The van der Waals surface area contributed by atoms with Crippen molar-refractivity contribution in [1.82, 2.24) is 9.78 Å². The first-order valence-electron chi connectivity index (χ1n) is 11.3. The molecular weight excluding hydrogens is 442 g/mol. The Morgan fingerprint density at radius 3 is 2.71 bits per heavy atom. The molecule has 0 aliphatic heterocycles. The number of carbonyl (C=O) groups is 1. The molecule has 1 unspecified atom stereocenters. The fourth-order valence-electron chi connectivity index (χ4n) is 4.42. The van der Waals surface area contributed by atoms with Crippen molar-refractivity contribution in [3.05, 3.63) is 93.8 Å². The Bertz CT molecular complexity index is 1650. The van der Waals surface area contributed by atoms with E-state index in [4.69, 9.17) is 9.15 Å². The van der Waals surface area contributed by atoms with Gasteiger partial charge < -0.3 is 14.5 Å². The summed E-state index contributed by atoms with van der Waals surface area (Å²) in [5.41, 5.74) is 5.04. The highest BCUT2D eigenvalue weighted by atomic mass is 16.5. The van der Waals surface area contributed by atoms with Crippen molar-refractivity contribution in [2.45, 2.75) is 19.9 Å². The second-order valence-corrected chi connectivity index (χ2v) is 8.65. The summed E-state index contributed by atoms with van der Waals surface area (Å²) in [5.74, 6) is 0.0644. The van der Waals surface area contributed by atoms with Crippen LogP contribution in [0, 0.1) is 6.92 Å². The largest absolute Gasteiger partial charge is 0.465 e. The third kappa shape index (κ3) is 4.05. The number of hydrogen-bond acceptors (Lipinski definition) is 6. The summed E-state index contributed by atoms with van der Waals surface area (Å²) >= 11 is 0. The molecule has 0 aliphatic rings. The molecule has 7 nitrogen and oxygen atoms in total. The Morgan fingerprint density at radius 2 is 1.91 bits per heavy atom. The van der Waals surface area contributed by atoms with Crippen LogP contribution >= 0.6 is 0 Å². The van der Waals surface area contributed by atoms with Gasteiger partial charge >= 0.3 is 5.97 Å². The van der Waals surface area contributed by atoms with E-state index in [2.05, 4.69) is 10.4 Å². The molecule has 0 radical (unpaired) electrons. The van der Waals surface area contributed by atoms with E-state index in [-0.39, 0.29) is 11.5 Å². The van der Waals surface area contributed by atoms with E-state index in [9.17, 15) is 9.59 Å². The summed E-state index contributed by atoms with van der Waals surface area (Å²) in [7, 11) is 3.25. The molecule has 0 saturated carbocycles. The first-order valence-corrected chi connectivity index (χ1v) is 11.3. The van der Waals surface area contributed by atoms with Crippen LogP contribution in [0.15, 0.2) is 76.1 Å². The number of nitrogens with zero attached hydrogens (tertiary/aromatic N) is 2. The lowest BCUT2D eigenvalue weighted by Crippen LogP contribution is -2.13. The van der Waals surface area contributed by atoms with Gasteiger partial charge in [0.15, 0.2) is 5.43 Å². The van der Waals surface area contributed by atoms with E-state index in [0.29, 0.717) is 28.0 Å². The van der Waals surface area contributed by atoms with Gasteiger partial charge in [0.2, 0.25) is 0 Å². The third-order valence-electron chi connectivity index (χ3n) is 6.20. The highest BCUT2D eigenvalue weighted by Gasteiger charge is 2.19. The Kier molecular flexibility index (Phi) is 5.61. The zero-order chi connectivity index (χ0) is 24.7. The molecule has 35 heavy (non-hydrogen) atoms. The van der Waals surface area contributed by atoms with Gasteiger partial charge in [-0.25, -0.2) is 4.79 Å². The summed E-state index contributed by atoms with van der Waals surface area (Å²) in [6.07, 6.45) is 1.79. The number of para-hydroxylation sites is 1. The minimum absolute atomic E-state index is 0.111. The van der Waals surface area contributed by atoms with Gasteiger partial charge in [-0.1, -0.05) is 18.2 Å². The summed E-state index contributed by atoms with van der Waals surface area (Å²) in [5, 5.41) is 9.17. The van der Waals surface area contributed by atoms with Gasteiger partial charge in [0.1, 0.15) is 11.3 Å². The molecule has 0 fully saturated rings. The van der Waals surface area contributed by atoms with Gasteiger partial charge in [0, 0.05) is 35.3 Å². The van der Waals surface area contributed by atoms with E-state index in [1.54, 1.807) is 23.0 Å². The van der Waals surface area contributed by atoms with E-state index in [1.807, 2.05) is 63.4 Å². The van der Waals surface area contributed by atoms with E-state index >= 15 is 0 Å². The second kappa shape index (κ2) is 8.76. The Morgan fingerprint density at radius 1 is 1.11 bits per heavy atom. The number of nitrogens with one attached hydrogen (secondary N) is 1. The number of benzene rings is 3. The van der Waals surface area contributed by atoms with Crippen LogP contribution in [0.4, 0.5) is 5.69 Å². The van der Waals surface area contributed by atoms with Crippen LogP contribution in [-0.2, 0) is 11.8 Å². The van der Waals surface area contributed by atoms with Gasteiger partial charge in [0.25, 0.3) is 0 Å². The smallest absolute Gasteiger partial charge is 0.339 e. The molecule has 0 aliphatic carbocycles. The minimum Gasteiger partial charge on any atom is -0.465 e. The molecule has 176 valence electrons. The topological polar surface area (TPSA) is 86.4 Å². The fraction of sp³-hybridized carbons (Fsp3) is 0.179. The molecule has 1 N–H and O–H groups in total. The number of carbonyl (C=O) groups excluding carboxylic acids is 1. The van der Waals surface area contributed by atoms with Crippen molar-refractivity contribution in [2.75, 3.05) is 12.4 Å². The maximum absolute atomic E-state index is 13.2. The van der Waals surface area contributed by atoms with Crippen molar-refractivity contribution in [2.24, 2.45) is 7.05 Å². The van der Waals surface area contributed by atoms with Crippen molar-refractivity contribution in [3.8, 4) is 11.3 Å². The second-order valence-electron chi connectivity index (χ2n) is 8.65. The minimum atomic E-state index is -0.422. The molecule has 5 aromatic rings. The molecular formula is C28H25N3O4. The van der Waals surface area contributed by atoms with Gasteiger partial charge in [-0.3, -0.25) is 9.48 Å². The molecule has 3 aromatic carbocycles. The van der Waals surface area contributed by atoms with Crippen LogP contribution in [0.2, 0.25) is 0 Å². The molecule has 2 heterocycles. The molecule has 5 rings (SSSR count). The molecule has 1 atom stereocenters. The Labute approximate surface area is 201 Å². The summed E-state index contributed by atoms with van der Waals surface area (Å²) in [4.78, 5) is 25.4.